The van der Waals surface area contributed by atoms with Crippen LogP contribution in [0.4, 0.5) is 0 Å². The third kappa shape index (κ3) is 5.62. The van der Waals surface area contributed by atoms with Crippen LogP contribution in [0.3, 0.4) is 0 Å². The average molecular weight is 166 g/mol. The van der Waals surface area contributed by atoms with Gasteiger partial charge in [0.2, 0.25) is 0 Å². The lowest BCUT2D eigenvalue weighted by molar-refractivity contribution is -0.129. The second-order valence-electron chi connectivity index (χ2n) is 1.72. The van der Waals surface area contributed by atoms with Crippen molar-refractivity contribution in [2.24, 2.45) is 0 Å². The van der Waals surface area contributed by atoms with Crippen molar-refractivity contribution in [3.8, 4) is 0 Å². The fraction of sp³-hybridized carbons (Fsp3) is 0.500. The predicted octanol–water partition coefficient (Wildman–Crippen LogP) is -0.678. The fourth-order valence-electron chi connectivity index (χ4n) is 0.315. The first-order chi connectivity index (χ1) is 4.45. The van der Waals surface area contributed by atoms with Gasteiger partial charge in [0.15, 0.2) is 12.1 Å². The van der Waals surface area contributed by atoms with Crippen molar-refractivity contribution >= 4 is 19.7 Å². The molecule has 0 aromatic heterocycles. The molecule has 2 N–H and O–H groups in total. The van der Waals surface area contributed by atoms with Crippen molar-refractivity contribution in [2.75, 3.05) is 6.16 Å². The van der Waals surface area contributed by atoms with E-state index < -0.39 is 19.5 Å². The van der Waals surface area contributed by atoms with Crippen LogP contribution >= 0.6 is 7.60 Å². The Morgan fingerprint density at radius 1 is 1.50 bits per heavy atom. The highest BCUT2D eigenvalue weighted by atomic mass is 31.2. The van der Waals surface area contributed by atoms with E-state index in [1.807, 2.05) is 0 Å². The highest BCUT2D eigenvalue weighted by molar-refractivity contribution is 7.51. The SMILES string of the molecule is O=CC(=O)CCP(=O)(O)O. The minimum atomic E-state index is -4.11. The number of carbonyl (C=O) groups is 2. The Hall–Kier alpha value is -0.510. The van der Waals surface area contributed by atoms with E-state index in [2.05, 4.69) is 0 Å². The Labute approximate surface area is 57.2 Å². The summed E-state index contributed by atoms with van der Waals surface area (Å²) in [7, 11) is -4.11. The van der Waals surface area contributed by atoms with E-state index in [0.29, 0.717) is 0 Å². The minimum absolute atomic E-state index is 0.0512. The summed E-state index contributed by atoms with van der Waals surface area (Å²) in [5, 5.41) is 0. The van der Waals surface area contributed by atoms with Crippen LogP contribution in [0.25, 0.3) is 0 Å². The van der Waals surface area contributed by atoms with Crippen molar-refractivity contribution in [3.05, 3.63) is 0 Å². The van der Waals surface area contributed by atoms with Gasteiger partial charge in [0.05, 0.1) is 6.16 Å². The smallest absolute Gasteiger partial charge is 0.324 e. The fourth-order valence-corrected chi connectivity index (χ4v) is 0.826. The molecule has 0 amide bonds. The predicted molar refractivity (Wildman–Crippen MR) is 32.6 cm³/mol. The Morgan fingerprint density at radius 2 is 2.00 bits per heavy atom. The van der Waals surface area contributed by atoms with E-state index in [-0.39, 0.29) is 12.7 Å². The van der Waals surface area contributed by atoms with Crippen molar-refractivity contribution in [3.63, 3.8) is 0 Å². The van der Waals surface area contributed by atoms with Crippen LogP contribution in [0.5, 0.6) is 0 Å². The molecule has 10 heavy (non-hydrogen) atoms. The maximum atomic E-state index is 10.1. The number of carbonyl (C=O) groups excluding carboxylic acids is 2. The summed E-state index contributed by atoms with van der Waals surface area (Å²) in [5.74, 6) is -0.789. The molecule has 0 spiro atoms. The number of rotatable bonds is 4. The van der Waals surface area contributed by atoms with Crippen molar-refractivity contribution in [2.45, 2.75) is 6.42 Å². The first-order valence-electron chi connectivity index (χ1n) is 2.48. The average Bonchev–Trinajstić information content (AvgIpc) is 1.81. The maximum absolute atomic E-state index is 10.1. The summed E-state index contributed by atoms with van der Waals surface area (Å²) in [4.78, 5) is 36.2. The first-order valence-corrected chi connectivity index (χ1v) is 4.28. The minimum Gasteiger partial charge on any atom is -0.324 e. The molecule has 0 heterocycles. The summed E-state index contributed by atoms with van der Waals surface area (Å²) < 4.78 is 10.1. The molecule has 0 aromatic carbocycles. The second kappa shape index (κ2) is 3.61. The lowest BCUT2D eigenvalue weighted by Crippen LogP contribution is -2.01. The van der Waals surface area contributed by atoms with E-state index in [0.717, 1.165) is 0 Å². The van der Waals surface area contributed by atoms with Gasteiger partial charge >= 0.3 is 7.60 Å². The number of hydrogen-bond acceptors (Lipinski definition) is 3. The van der Waals surface area contributed by atoms with Gasteiger partial charge in [0, 0.05) is 6.42 Å². The molecule has 0 aromatic rings. The molecule has 5 nitrogen and oxygen atoms in total. The molecular formula is C4H7O5P. The quantitative estimate of drug-likeness (QED) is 0.328. The van der Waals surface area contributed by atoms with Crippen LogP contribution in [-0.2, 0) is 14.2 Å². The molecule has 0 bridgehead atoms. The van der Waals surface area contributed by atoms with Crippen molar-refractivity contribution in [1.82, 2.24) is 0 Å². The molecule has 0 saturated carbocycles. The molecule has 0 aliphatic rings. The number of hydrogen-bond donors (Lipinski definition) is 2. The normalized spacial score (nSPS) is 11.0. The van der Waals surface area contributed by atoms with Gasteiger partial charge in [-0.3, -0.25) is 14.2 Å². The third-order valence-electron chi connectivity index (χ3n) is 0.781. The zero-order chi connectivity index (χ0) is 8.20. The molecule has 0 unspecified atom stereocenters. The lowest BCUT2D eigenvalue weighted by atomic mass is 10.3. The van der Waals surface area contributed by atoms with Gasteiger partial charge in [-0.15, -0.1) is 0 Å². The molecule has 0 aliphatic carbocycles. The maximum Gasteiger partial charge on any atom is 0.326 e. The molecule has 6 heteroatoms. The van der Waals surface area contributed by atoms with Crippen LogP contribution in [0, 0.1) is 0 Å². The van der Waals surface area contributed by atoms with Crippen LogP contribution in [0.1, 0.15) is 6.42 Å². The zero-order valence-corrected chi connectivity index (χ0v) is 5.95. The van der Waals surface area contributed by atoms with Gasteiger partial charge in [-0.1, -0.05) is 0 Å². The third-order valence-corrected chi connectivity index (χ3v) is 1.59. The van der Waals surface area contributed by atoms with Crippen LogP contribution in [-0.4, -0.2) is 28.0 Å². The summed E-state index contributed by atoms with van der Waals surface area (Å²) in [5.41, 5.74) is 0. The van der Waals surface area contributed by atoms with Gasteiger partial charge in [-0.25, -0.2) is 0 Å². The number of Topliss-reactive ketones (excluding diaryl/α,β-unsaturated/α-hetero) is 1. The van der Waals surface area contributed by atoms with E-state index >= 15 is 0 Å². The summed E-state index contributed by atoms with van der Waals surface area (Å²) in [6, 6.07) is 0. The molecule has 0 rings (SSSR count). The van der Waals surface area contributed by atoms with Crippen LogP contribution in [0.2, 0.25) is 0 Å². The largest absolute Gasteiger partial charge is 0.326 e. The number of aldehydes is 1. The summed E-state index contributed by atoms with van der Waals surface area (Å²) in [6.45, 7) is 0. The molecule has 0 aliphatic heterocycles. The van der Waals surface area contributed by atoms with Gasteiger partial charge in [-0.2, -0.15) is 0 Å². The monoisotopic (exact) mass is 166 g/mol. The molecular weight excluding hydrogens is 159 g/mol. The Morgan fingerprint density at radius 3 is 2.30 bits per heavy atom. The summed E-state index contributed by atoms with van der Waals surface area (Å²) >= 11 is 0. The van der Waals surface area contributed by atoms with E-state index in [1.54, 1.807) is 0 Å². The lowest BCUT2D eigenvalue weighted by Gasteiger charge is -1.98. The highest BCUT2D eigenvalue weighted by Crippen LogP contribution is 2.34. The highest BCUT2D eigenvalue weighted by Gasteiger charge is 2.14. The molecule has 0 fully saturated rings. The van der Waals surface area contributed by atoms with Gasteiger partial charge < -0.3 is 9.79 Å². The first kappa shape index (κ1) is 9.49. The molecule has 0 radical (unpaired) electrons. The van der Waals surface area contributed by atoms with Crippen LogP contribution < -0.4 is 0 Å². The van der Waals surface area contributed by atoms with Crippen LogP contribution in [0.15, 0.2) is 0 Å². The number of ketones is 1. The topological polar surface area (TPSA) is 91.7 Å². The van der Waals surface area contributed by atoms with Gasteiger partial charge in [0.25, 0.3) is 0 Å². The Bertz CT molecular complexity index is 180. The summed E-state index contributed by atoms with van der Waals surface area (Å²) in [6.07, 6.45) is -0.881. The van der Waals surface area contributed by atoms with E-state index in [1.165, 1.54) is 0 Å². The van der Waals surface area contributed by atoms with Crippen molar-refractivity contribution < 1.29 is 23.9 Å². The van der Waals surface area contributed by atoms with Gasteiger partial charge in [0.1, 0.15) is 0 Å². The zero-order valence-electron chi connectivity index (χ0n) is 5.06. The molecule has 58 valence electrons. The van der Waals surface area contributed by atoms with E-state index in [4.69, 9.17) is 9.79 Å². The second-order valence-corrected chi connectivity index (χ2v) is 3.50. The Balaban J connectivity index is 3.66. The molecule has 0 saturated heterocycles. The van der Waals surface area contributed by atoms with Gasteiger partial charge in [-0.05, 0) is 0 Å². The van der Waals surface area contributed by atoms with E-state index in [9.17, 15) is 14.2 Å². The standard InChI is InChI=1S/C4H7O5P/c5-3-4(6)1-2-10(7,8)9/h3H,1-2H2,(H2,7,8,9). The van der Waals surface area contributed by atoms with Crippen molar-refractivity contribution in [1.29, 1.82) is 0 Å². The Kier molecular flexibility index (Phi) is 3.42. The molecule has 0 atom stereocenters.